The number of hydrogen-bond donors (Lipinski definition) is 1. The first-order valence-electron chi connectivity index (χ1n) is 14.7. The predicted molar refractivity (Wildman–Crippen MR) is 173 cm³/mol. The van der Waals surface area contributed by atoms with Gasteiger partial charge in [0.05, 0.1) is 9.85 Å². The fraction of sp³-hybridized carbons (Fsp3) is 0.438. The molecule has 0 saturated carbocycles. The third-order valence-corrected chi connectivity index (χ3v) is 7.88. The molecule has 2 aliphatic rings. The van der Waals surface area contributed by atoms with E-state index in [9.17, 15) is 20.2 Å². The van der Waals surface area contributed by atoms with Gasteiger partial charge in [-0.2, -0.15) is 0 Å². The zero-order valence-electron chi connectivity index (χ0n) is 24.2. The van der Waals surface area contributed by atoms with Crippen LogP contribution in [0.1, 0.15) is 42.4 Å². The number of nitro benzene ring substituents is 2. The highest BCUT2D eigenvalue weighted by Crippen LogP contribution is 2.15. The van der Waals surface area contributed by atoms with Crippen molar-refractivity contribution in [2.45, 2.75) is 44.9 Å². The number of aryl methyl sites for hydroxylation is 1. The minimum absolute atomic E-state index is 0.147. The molecule has 10 heteroatoms. The highest BCUT2D eigenvalue weighted by atomic mass is 79.9. The van der Waals surface area contributed by atoms with E-state index in [1.165, 1.54) is 81.7 Å². The Morgan fingerprint density at radius 1 is 0.595 bits per heavy atom. The van der Waals surface area contributed by atoms with E-state index in [0.29, 0.717) is 0 Å². The van der Waals surface area contributed by atoms with E-state index in [1.807, 2.05) is 24.3 Å². The van der Waals surface area contributed by atoms with E-state index in [1.54, 1.807) is 24.3 Å². The average molecular weight is 641 g/mol. The molecule has 3 aromatic rings. The van der Waals surface area contributed by atoms with E-state index in [0.717, 1.165) is 42.4 Å². The van der Waals surface area contributed by atoms with Crippen molar-refractivity contribution in [3.8, 4) is 0 Å². The zero-order chi connectivity index (χ0) is 30.2. The van der Waals surface area contributed by atoms with Crippen LogP contribution in [0.25, 0.3) is 0 Å². The summed E-state index contributed by atoms with van der Waals surface area (Å²) in [6.07, 6.45) is 8.40. The van der Waals surface area contributed by atoms with Crippen LogP contribution in [-0.4, -0.2) is 64.2 Å². The smallest absolute Gasteiger partial charge is 0.269 e. The molecule has 2 N–H and O–H groups in total. The van der Waals surface area contributed by atoms with E-state index in [-0.39, 0.29) is 16.3 Å². The number of nitrogens with two attached hydrogens (primary N) is 1. The Balaban J connectivity index is 0.000000175. The molecule has 2 aliphatic heterocycles. The largest absolute Gasteiger partial charge is 0.399 e. The summed E-state index contributed by atoms with van der Waals surface area (Å²) < 4.78 is 0. The lowest BCUT2D eigenvalue weighted by Crippen LogP contribution is -2.21. The van der Waals surface area contributed by atoms with Gasteiger partial charge in [-0.1, -0.05) is 52.3 Å². The van der Waals surface area contributed by atoms with Gasteiger partial charge in [-0.3, -0.25) is 20.2 Å². The molecule has 2 heterocycles. The fourth-order valence-corrected chi connectivity index (χ4v) is 5.41. The first-order chi connectivity index (χ1) is 20.3. The second-order valence-corrected chi connectivity index (χ2v) is 11.4. The minimum atomic E-state index is -0.391. The number of halogens is 1. The van der Waals surface area contributed by atoms with E-state index >= 15 is 0 Å². The molecule has 0 atom stereocenters. The summed E-state index contributed by atoms with van der Waals surface area (Å²) in [6.45, 7) is 7.24. The molecule has 5 rings (SSSR count). The number of nitro groups is 2. The lowest BCUT2D eigenvalue weighted by molar-refractivity contribution is -0.385. The lowest BCUT2D eigenvalue weighted by atomic mass is 10.1. The molecule has 2 saturated heterocycles. The Bertz CT molecular complexity index is 1210. The highest BCUT2D eigenvalue weighted by molar-refractivity contribution is 9.09. The van der Waals surface area contributed by atoms with Gasteiger partial charge < -0.3 is 15.5 Å². The normalized spacial score (nSPS) is 14.9. The Morgan fingerprint density at radius 3 is 1.26 bits per heavy atom. The van der Waals surface area contributed by atoms with Crippen molar-refractivity contribution in [1.29, 1.82) is 0 Å². The van der Waals surface area contributed by atoms with Gasteiger partial charge in [0.1, 0.15) is 0 Å². The van der Waals surface area contributed by atoms with Gasteiger partial charge >= 0.3 is 0 Å². The van der Waals surface area contributed by atoms with Crippen LogP contribution in [-0.2, 0) is 19.3 Å². The van der Waals surface area contributed by atoms with Crippen molar-refractivity contribution in [3.63, 3.8) is 0 Å². The third-order valence-electron chi connectivity index (χ3n) is 7.49. The molecule has 0 unspecified atom stereocenters. The monoisotopic (exact) mass is 639 g/mol. The Labute approximate surface area is 257 Å². The van der Waals surface area contributed by atoms with Crippen LogP contribution >= 0.6 is 15.9 Å². The summed E-state index contributed by atoms with van der Waals surface area (Å²) in [6, 6.07) is 21.7. The summed E-state index contributed by atoms with van der Waals surface area (Å²) in [7, 11) is 0. The van der Waals surface area contributed by atoms with Crippen molar-refractivity contribution in [2.75, 3.05) is 50.3 Å². The second kappa shape index (κ2) is 18.3. The SMILES string of the molecule is Nc1ccc(CCN2CCCC2)cc1.O=[N+]([O-])c1ccc(CCBr)cc1.O=[N+]([O-])c1ccc(CCN2CCCC2)cc1. The molecule has 42 heavy (non-hydrogen) atoms. The van der Waals surface area contributed by atoms with Crippen molar-refractivity contribution < 1.29 is 9.85 Å². The summed E-state index contributed by atoms with van der Waals surface area (Å²) in [5, 5.41) is 21.6. The summed E-state index contributed by atoms with van der Waals surface area (Å²) in [5.41, 5.74) is 10.5. The minimum Gasteiger partial charge on any atom is -0.399 e. The Hall–Kier alpha value is -3.34. The molecule has 0 amide bonds. The lowest BCUT2D eigenvalue weighted by Gasteiger charge is -2.13. The quantitative estimate of drug-likeness (QED) is 0.114. The molecule has 9 nitrogen and oxygen atoms in total. The maximum Gasteiger partial charge on any atom is 0.269 e. The number of rotatable bonds is 10. The van der Waals surface area contributed by atoms with Gasteiger partial charge in [-0.05, 0) is 99.9 Å². The third kappa shape index (κ3) is 12.3. The first kappa shape index (κ1) is 33.2. The molecular weight excluding hydrogens is 598 g/mol. The summed E-state index contributed by atoms with van der Waals surface area (Å²) >= 11 is 3.30. The molecule has 3 aromatic carbocycles. The second-order valence-electron chi connectivity index (χ2n) is 10.6. The molecule has 0 bridgehead atoms. The molecule has 0 radical (unpaired) electrons. The number of anilines is 1. The molecule has 0 aromatic heterocycles. The maximum absolute atomic E-state index is 10.5. The number of nitrogens with zero attached hydrogens (tertiary/aromatic N) is 4. The van der Waals surface area contributed by atoms with E-state index in [2.05, 4.69) is 37.9 Å². The van der Waals surface area contributed by atoms with Crippen LogP contribution in [0.5, 0.6) is 0 Å². The predicted octanol–water partition coefficient (Wildman–Crippen LogP) is 6.67. The van der Waals surface area contributed by atoms with E-state index < -0.39 is 4.92 Å². The van der Waals surface area contributed by atoms with Crippen molar-refractivity contribution in [1.82, 2.24) is 9.80 Å². The number of nitrogen functional groups attached to an aromatic ring is 1. The summed E-state index contributed by atoms with van der Waals surface area (Å²) in [5.74, 6) is 0. The zero-order valence-corrected chi connectivity index (χ0v) is 25.8. The van der Waals surface area contributed by atoms with Crippen molar-refractivity contribution >= 4 is 33.0 Å². The Kier molecular flexibility index (Phi) is 14.4. The van der Waals surface area contributed by atoms with Gasteiger partial charge in [0.2, 0.25) is 0 Å². The number of non-ortho nitro benzene ring substituents is 2. The summed E-state index contributed by atoms with van der Waals surface area (Å²) in [4.78, 5) is 25.0. The van der Waals surface area contributed by atoms with Crippen LogP contribution in [0.3, 0.4) is 0 Å². The molecular formula is C32H42BrN5O4. The van der Waals surface area contributed by atoms with E-state index in [4.69, 9.17) is 5.73 Å². The topological polar surface area (TPSA) is 119 Å². The standard InChI is InChI=1S/C12H16N2O2.C12H18N2.C8H8BrNO2/c15-14(16)12-5-3-11(4-6-12)7-10-13-8-1-2-9-13;13-12-5-3-11(4-6-12)7-10-14-8-1-2-9-14;9-6-5-7-1-3-8(4-2-7)10(11)12/h3-6H,1-2,7-10H2;3-6H,1-2,7-10,13H2;1-4H,5-6H2. The van der Waals surface area contributed by atoms with Gasteiger partial charge in [-0.25, -0.2) is 0 Å². The molecule has 226 valence electrons. The van der Waals surface area contributed by atoms with Crippen LogP contribution in [0.15, 0.2) is 72.8 Å². The van der Waals surface area contributed by atoms with Crippen LogP contribution < -0.4 is 5.73 Å². The number of likely N-dealkylation sites (tertiary alicyclic amines) is 2. The van der Waals surface area contributed by atoms with Gasteiger partial charge in [0, 0.05) is 48.4 Å². The molecule has 0 spiro atoms. The highest BCUT2D eigenvalue weighted by Gasteiger charge is 2.12. The molecule has 2 fully saturated rings. The Morgan fingerprint density at radius 2 is 0.929 bits per heavy atom. The van der Waals surface area contributed by atoms with Gasteiger partial charge in [-0.15, -0.1) is 0 Å². The van der Waals surface area contributed by atoms with Crippen LogP contribution in [0, 0.1) is 20.2 Å². The molecule has 0 aliphatic carbocycles. The average Bonchev–Trinajstić information content (AvgIpc) is 3.72. The fourth-order valence-electron chi connectivity index (χ4n) is 4.95. The first-order valence-corrected chi connectivity index (χ1v) is 15.8. The number of hydrogen-bond acceptors (Lipinski definition) is 7. The number of alkyl halides is 1. The van der Waals surface area contributed by atoms with Crippen molar-refractivity contribution in [2.24, 2.45) is 0 Å². The number of benzene rings is 3. The van der Waals surface area contributed by atoms with Gasteiger partial charge in [0.25, 0.3) is 11.4 Å². The van der Waals surface area contributed by atoms with Crippen LogP contribution in [0.2, 0.25) is 0 Å². The van der Waals surface area contributed by atoms with Crippen LogP contribution in [0.4, 0.5) is 17.1 Å². The maximum atomic E-state index is 10.5. The van der Waals surface area contributed by atoms with Gasteiger partial charge in [0.15, 0.2) is 0 Å². The van der Waals surface area contributed by atoms with Crippen molar-refractivity contribution in [3.05, 3.63) is 110 Å².